The van der Waals surface area contributed by atoms with Gasteiger partial charge in [-0.2, -0.15) is 0 Å². The molecule has 2 amide bonds. The Morgan fingerprint density at radius 1 is 1.00 bits per heavy atom. The van der Waals surface area contributed by atoms with Gasteiger partial charge in [-0.3, -0.25) is 9.59 Å². The molecule has 0 saturated heterocycles. The van der Waals surface area contributed by atoms with Crippen LogP contribution in [-0.2, 0) is 22.7 Å². The van der Waals surface area contributed by atoms with Crippen molar-refractivity contribution in [3.8, 4) is 17.2 Å². The third-order valence-electron chi connectivity index (χ3n) is 5.14. The minimum absolute atomic E-state index is 0.209. The molecule has 1 heterocycles. The van der Waals surface area contributed by atoms with Crippen LogP contribution in [-0.4, -0.2) is 25.7 Å². The summed E-state index contributed by atoms with van der Waals surface area (Å²) < 4.78 is 15.9. The van der Waals surface area contributed by atoms with E-state index in [1.807, 2.05) is 42.5 Å². The van der Waals surface area contributed by atoms with E-state index in [0.717, 1.165) is 11.1 Å². The lowest BCUT2D eigenvalue weighted by Gasteiger charge is -2.16. The highest BCUT2D eigenvalue weighted by Crippen LogP contribution is 2.46. The van der Waals surface area contributed by atoms with Gasteiger partial charge in [0.15, 0.2) is 11.5 Å². The first-order valence-corrected chi connectivity index (χ1v) is 9.19. The summed E-state index contributed by atoms with van der Waals surface area (Å²) in [5.41, 5.74) is 0.788. The average Bonchev–Trinajstić information content (AvgIpc) is 3.41. The fraction of sp³-hybridized carbons (Fsp3) is 0.333. The molecule has 1 saturated carbocycles. The summed E-state index contributed by atoms with van der Waals surface area (Å²) in [5.74, 6) is 1.58. The Balaban J connectivity index is 1.34. The smallest absolute Gasteiger partial charge is 0.235 e. The molecule has 1 aliphatic carbocycles. The van der Waals surface area contributed by atoms with E-state index in [9.17, 15) is 9.59 Å². The van der Waals surface area contributed by atoms with E-state index >= 15 is 0 Å². The van der Waals surface area contributed by atoms with Crippen molar-refractivity contribution >= 4 is 11.8 Å². The number of carbonyl (C=O) groups is 2. The number of carbonyl (C=O) groups excluding carboxylic acids is 2. The van der Waals surface area contributed by atoms with Gasteiger partial charge in [-0.25, -0.2) is 0 Å². The van der Waals surface area contributed by atoms with E-state index in [-0.39, 0.29) is 18.6 Å². The molecule has 2 aliphatic rings. The summed E-state index contributed by atoms with van der Waals surface area (Å²) in [6.45, 7) is 0.859. The van der Waals surface area contributed by atoms with Crippen molar-refractivity contribution < 1.29 is 23.8 Å². The average molecular weight is 382 g/mol. The van der Waals surface area contributed by atoms with Crippen molar-refractivity contribution in [2.45, 2.75) is 25.9 Å². The summed E-state index contributed by atoms with van der Waals surface area (Å²) in [6, 6.07) is 13.0. The molecule has 0 aromatic heterocycles. The Morgan fingerprint density at radius 2 is 1.71 bits per heavy atom. The number of para-hydroxylation sites is 1. The second kappa shape index (κ2) is 7.42. The highest BCUT2D eigenvalue weighted by atomic mass is 16.7. The molecule has 1 aliphatic heterocycles. The van der Waals surface area contributed by atoms with Gasteiger partial charge in [0, 0.05) is 18.7 Å². The molecule has 0 bridgehead atoms. The van der Waals surface area contributed by atoms with Gasteiger partial charge < -0.3 is 24.8 Å². The van der Waals surface area contributed by atoms with Gasteiger partial charge in [0.2, 0.25) is 18.6 Å². The van der Waals surface area contributed by atoms with Crippen LogP contribution < -0.4 is 24.8 Å². The first-order chi connectivity index (χ1) is 13.6. The van der Waals surface area contributed by atoms with E-state index in [4.69, 9.17) is 14.2 Å². The predicted molar refractivity (Wildman–Crippen MR) is 101 cm³/mol. The lowest BCUT2D eigenvalue weighted by atomic mass is 10.0. The third kappa shape index (κ3) is 3.47. The predicted octanol–water partition coefficient (Wildman–Crippen LogP) is 2.14. The topological polar surface area (TPSA) is 85.9 Å². The minimum atomic E-state index is -0.974. The highest BCUT2D eigenvalue weighted by molar-refractivity contribution is 6.07. The maximum absolute atomic E-state index is 12.7. The summed E-state index contributed by atoms with van der Waals surface area (Å²) in [6.07, 6.45) is 1.11. The number of hydrogen-bond donors (Lipinski definition) is 2. The van der Waals surface area contributed by atoms with Gasteiger partial charge in [-0.1, -0.05) is 24.3 Å². The number of ether oxygens (including phenoxy) is 3. The van der Waals surface area contributed by atoms with Gasteiger partial charge in [0.05, 0.1) is 7.11 Å². The maximum atomic E-state index is 12.7. The molecule has 0 unspecified atom stereocenters. The molecule has 146 valence electrons. The number of fused-ring (bicyclic) bond motifs is 1. The first-order valence-electron chi connectivity index (χ1n) is 9.19. The standard InChI is InChI=1S/C21H22N2O5/c1-26-16-5-3-2-4-15(16)12-23-20(25)21(8-9-21)19(24)22-11-14-6-7-17-18(10-14)28-13-27-17/h2-7,10H,8-9,11-13H2,1H3,(H,22,24)(H,23,25). The van der Waals surface area contributed by atoms with Crippen LogP contribution in [0.2, 0.25) is 0 Å². The van der Waals surface area contributed by atoms with Crippen LogP contribution in [0, 0.1) is 5.41 Å². The quantitative estimate of drug-likeness (QED) is 0.717. The molecule has 4 rings (SSSR count). The fourth-order valence-corrected chi connectivity index (χ4v) is 3.28. The van der Waals surface area contributed by atoms with Gasteiger partial charge >= 0.3 is 0 Å². The molecule has 2 aromatic rings. The van der Waals surface area contributed by atoms with Crippen LogP contribution in [0.4, 0.5) is 0 Å². The van der Waals surface area contributed by atoms with E-state index in [1.165, 1.54) is 0 Å². The SMILES string of the molecule is COc1ccccc1CNC(=O)C1(C(=O)NCc2ccc3c(c2)OCO3)CC1. The lowest BCUT2D eigenvalue weighted by molar-refractivity contribution is -0.137. The second-order valence-electron chi connectivity index (χ2n) is 6.95. The van der Waals surface area contributed by atoms with Gasteiger partial charge in [0.25, 0.3) is 0 Å². The van der Waals surface area contributed by atoms with Crippen molar-refractivity contribution in [1.82, 2.24) is 10.6 Å². The normalized spacial score (nSPS) is 15.6. The van der Waals surface area contributed by atoms with Crippen molar-refractivity contribution in [3.63, 3.8) is 0 Å². The summed E-state index contributed by atoms with van der Waals surface area (Å²) in [7, 11) is 1.59. The van der Waals surface area contributed by atoms with E-state index in [0.29, 0.717) is 43.2 Å². The Labute approximate surface area is 163 Å². The molecule has 28 heavy (non-hydrogen) atoms. The summed E-state index contributed by atoms with van der Waals surface area (Å²) in [5, 5.41) is 5.75. The summed E-state index contributed by atoms with van der Waals surface area (Å²) in [4.78, 5) is 25.3. The maximum Gasteiger partial charge on any atom is 0.235 e. The Bertz CT molecular complexity index is 907. The van der Waals surface area contributed by atoms with Crippen molar-refractivity contribution in [2.24, 2.45) is 5.41 Å². The Morgan fingerprint density at radius 3 is 2.46 bits per heavy atom. The number of nitrogens with one attached hydrogen (secondary N) is 2. The zero-order valence-electron chi connectivity index (χ0n) is 15.6. The van der Waals surface area contributed by atoms with Crippen LogP contribution >= 0.6 is 0 Å². The zero-order valence-corrected chi connectivity index (χ0v) is 15.6. The molecule has 7 heteroatoms. The van der Waals surface area contributed by atoms with E-state index < -0.39 is 5.41 Å². The first kappa shape index (κ1) is 18.2. The lowest BCUT2D eigenvalue weighted by Crippen LogP contribution is -2.42. The van der Waals surface area contributed by atoms with Gasteiger partial charge in [-0.15, -0.1) is 0 Å². The number of benzene rings is 2. The monoisotopic (exact) mass is 382 g/mol. The number of rotatable bonds is 7. The zero-order chi connectivity index (χ0) is 19.6. The molecule has 0 spiro atoms. The minimum Gasteiger partial charge on any atom is -0.496 e. The molecule has 0 atom stereocenters. The molecule has 1 fully saturated rings. The van der Waals surface area contributed by atoms with Crippen molar-refractivity contribution in [1.29, 1.82) is 0 Å². The molecule has 7 nitrogen and oxygen atoms in total. The van der Waals surface area contributed by atoms with Gasteiger partial charge in [0.1, 0.15) is 11.2 Å². The van der Waals surface area contributed by atoms with Crippen LogP contribution in [0.15, 0.2) is 42.5 Å². The van der Waals surface area contributed by atoms with Crippen LogP contribution in [0.25, 0.3) is 0 Å². The second-order valence-corrected chi connectivity index (χ2v) is 6.95. The number of amides is 2. The van der Waals surface area contributed by atoms with Crippen LogP contribution in [0.3, 0.4) is 0 Å². The van der Waals surface area contributed by atoms with Crippen molar-refractivity contribution in [2.75, 3.05) is 13.9 Å². The van der Waals surface area contributed by atoms with E-state index in [1.54, 1.807) is 7.11 Å². The Kier molecular flexibility index (Phi) is 4.81. The number of hydrogen-bond acceptors (Lipinski definition) is 5. The summed E-state index contributed by atoms with van der Waals surface area (Å²) >= 11 is 0. The largest absolute Gasteiger partial charge is 0.496 e. The molecule has 2 aromatic carbocycles. The number of methoxy groups -OCH3 is 1. The molecule has 0 radical (unpaired) electrons. The fourth-order valence-electron chi connectivity index (χ4n) is 3.28. The van der Waals surface area contributed by atoms with Gasteiger partial charge in [-0.05, 0) is 36.6 Å². The van der Waals surface area contributed by atoms with Crippen LogP contribution in [0.1, 0.15) is 24.0 Å². The Hall–Kier alpha value is -3.22. The van der Waals surface area contributed by atoms with Crippen molar-refractivity contribution in [3.05, 3.63) is 53.6 Å². The molecular weight excluding hydrogens is 360 g/mol. The van der Waals surface area contributed by atoms with Crippen LogP contribution in [0.5, 0.6) is 17.2 Å². The highest BCUT2D eigenvalue weighted by Gasteiger charge is 2.56. The molecular formula is C21H22N2O5. The molecule has 2 N–H and O–H groups in total. The van der Waals surface area contributed by atoms with E-state index in [2.05, 4.69) is 10.6 Å². The third-order valence-corrected chi connectivity index (χ3v) is 5.14.